The molecule has 0 amide bonds. The van der Waals surface area contributed by atoms with Gasteiger partial charge in [0.25, 0.3) is 0 Å². The molecule has 0 saturated carbocycles. The van der Waals surface area contributed by atoms with Crippen molar-refractivity contribution in [3.05, 3.63) is 60.3 Å². The summed E-state index contributed by atoms with van der Waals surface area (Å²) in [5.74, 6) is -2.23. The van der Waals surface area contributed by atoms with Crippen LogP contribution in [0.25, 0.3) is 11.3 Å². The fourth-order valence-corrected chi connectivity index (χ4v) is 4.22. The van der Waals surface area contributed by atoms with Gasteiger partial charge in [0.15, 0.2) is 0 Å². The van der Waals surface area contributed by atoms with Gasteiger partial charge in [0.05, 0.1) is 30.5 Å². The van der Waals surface area contributed by atoms with E-state index in [9.17, 15) is 18.4 Å². The van der Waals surface area contributed by atoms with Crippen LogP contribution >= 0.6 is 0 Å². The third kappa shape index (κ3) is 7.81. The molecule has 3 aromatic rings. The quantitative estimate of drug-likeness (QED) is 0.430. The summed E-state index contributed by atoms with van der Waals surface area (Å²) in [5.41, 5.74) is 5.50. The highest BCUT2D eigenvalue weighted by molar-refractivity contribution is 5.73. The van der Waals surface area contributed by atoms with Crippen LogP contribution in [0.3, 0.4) is 0 Å². The molecule has 0 atom stereocenters. The largest absolute Gasteiger partial charge is 0.490 e. The van der Waals surface area contributed by atoms with Crippen LogP contribution in [0.15, 0.2) is 54.7 Å². The van der Waals surface area contributed by atoms with Crippen LogP contribution in [0.5, 0.6) is 0 Å². The summed E-state index contributed by atoms with van der Waals surface area (Å²) < 4.78 is 37.2. The van der Waals surface area contributed by atoms with E-state index in [1.165, 1.54) is 5.69 Å². The van der Waals surface area contributed by atoms with E-state index in [0.717, 1.165) is 75.1 Å². The number of carboxylic acid groups (broad SMARTS) is 1. The zero-order valence-corrected chi connectivity index (χ0v) is 21.5. The van der Waals surface area contributed by atoms with Crippen molar-refractivity contribution < 1.29 is 27.8 Å². The lowest BCUT2D eigenvalue weighted by atomic mass is 10.1. The second-order valence-electron chi connectivity index (χ2n) is 8.96. The number of anilines is 4. The predicted octanol–water partition coefficient (Wildman–Crippen LogP) is 3.64. The number of nitriles is 1. The van der Waals surface area contributed by atoms with E-state index in [1.807, 2.05) is 30.3 Å². The number of benzene rings is 2. The van der Waals surface area contributed by atoms with Gasteiger partial charge in [0.2, 0.25) is 5.95 Å². The third-order valence-corrected chi connectivity index (χ3v) is 6.22. The molecule has 0 spiro atoms. The maximum atomic E-state index is 10.6. The molecule has 2 aliphatic rings. The van der Waals surface area contributed by atoms with Crippen LogP contribution in [0.2, 0.25) is 0 Å². The number of ether oxygens (including phenoxy) is 1. The van der Waals surface area contributed by atoms with Crippen LogP contribution in [0.4, 0.5) is 36.2 Å². The average Bonchev–Trinajstić information content (AvgIpc) is 2.98. The van der Waals surface area contributed by atoms with Gasteiger partial charge < -0.3 is 30.3 Å². The van der Waals surface area contributed by atoms with Gasteiger partial charge in [-0.3, -0.25) is 0 Å². The molecule has 2 fully saturated rings. The second-order valence-corrected chi connectivity index (χ2v) is 8.96. The zero-order chi connectivity index (χ0) is 28.5. The van der Waals surface area contributed by atoms with Crippen LogP contribution in [0.1, 0.15) is 5.56 Å². The van der Waals surface area contributed by atoms with Gasteiger partial charge in [-0.2, -0.15) is 18.4 Å². The molecule has 3 N–H and O–H groups in total. The maximum absolute atomic E-state index is 10.6. The van der Waals surface area contributed by atoms with Crippen LogP contribution < -0.4 is 20.4 Å². The molecule has 210 valence electrons. The molecule has 3 heterocycles. The standard InChI is InChI=1S/C25H27N7O.C2HF3O2/c26-18-19-15-20(17-23(16-19)31-9-7-27-8-10-31)24-5-6-28-25(30-24)29-21-1-3-22(4-2-21)32-11-13-33-14-12-32;3-2(4,5)1(6)7/h1-6,15-17,27H,7-14H2,(H,28,29,30);(H,6,7). The molecule has 0 aliphatic carbocycles. The van der Waals surface area contributed by atoms with Crippen molar-refractivity contribution >= 4 is 29.0 Å². The molecule has 2 saturated heterocycles. The Bertz CT molecular complexity index is 1330. The molecule has 0 bridgehead atoms. The fraction of sp³-hybridized carbons (Fsp3) is 0.333. The Morgan fingerprint density at radius 2 is 1.65 bits per heavy atom. The minimum absolute atomic E-state index is 0.526. The first-order chi connectivity index (χ1) is 19.2. The summed E-state index contributed by atoms with van der Waals surface area (Å²) in [6.07, 6.45) is -3.34. The molecule has 10 nitrogen and oxygen atoms in total. The Kier molecular flexibility index (Phi) is 9.36. The number of hydrogen-bond donors (Lipinski definition) is 3. The summed E-state index contributed by atoms with van der Waals surface area (Å²) in [7, 11) is 0. The first-order valence-electron chi connectivity index (χ1n) is 12.6. The Morgan fingerprint density at radius 1 is 1.00 bits per heavy atom. The number of rotatable bonds is 5. The van der Waals surface area contributed by atoms with Gasteiger partial charge >= 0.3 is 12.1 Å². The van der Waals surface area contributed by atoms with Gasteiger partial charge in [-0.05, 0) is 48.5 Å². The number of aliphatic carboxylic acids is 1. The van der Waals surface area contributed by atoms with Crippen molar-refractivity contribution in [1.29, 1.82) is 5.26 Å². The van der Waals surface area contributed by atoms with Crippen molar-refractivity contribution in [3.63, 3.8) is 0 Å². The van der Waals surface area contributed by atoms with E-state index in [1.54, 1.807) is 6.20 Å². The molecule has 2 aliphatic heterocycles. The van der Waals surface area contributed by atoms with E-state index < -0.39 is 12.1 Å². The molecule has 13 heteroatoms. The molecule has 40 heavy (non-hydrogen) atoms. The second kappa shape index (κ2) is 13.1. The van der Waals surface area contributed by atoms with Crippen molar-refractivity contribution in [2.24, 2.45) is 0 Å². The van der Waals surface area contributed by atoms with Crippen LogP contribution in [0, 0.1) is 11.3 Å². The number of carbonyl (C=O) groups is 1. The summed E-state index contributed by atoms with van der Waals surface area (Å²) in [6.45, 7) is 7.09. The van der Waals surface area contributed by atoms with E-state index in [4.69, 9.17) is 19.6 Å². The van der Waals surface area contributed by atoms with E-state index in [-0.39, 0.29) is 0 Å². The lowest BCUT2D eigenvalue weighted by molar-refractivity contribution is -0.192. The number of aromatic nitrogens is 2. The number of nitrogens with zero attached hydrogens (tertiary/aromatic N) is 5. The topological polar surface area (TPSA) is 127 Å². The van der Waals surface area contributed by atoms with Gasteiger partial charge in [-0.15, -0.1) is 0 Å². The molecule has 5 rings (SSSR count). The molecular formula is C27H28F3N7O3. The molecule has 0 unspecified atom stereocenters. The smallest absolute Gasteiger partial charge is 0.475 e. The highest BCUT2D eigenvalue weighted by Crippen LogP contribution is 2.27. The first kappa shape index (κ1) is 28.6. The SMILES string of the molecule is N#Cc1cc(-c2ccnc(Nc3ccc(N4CCOCC4)cc3)n2)cc(N2CCNCC2)c1.O=C(O)C(F)(F)F. The summed E-state index contributed by atoms with van der Waals surface area (Å²) in [4.78, 5) is 22.6. The fourth-order valence-electron chi connectivity index (χ4n) is 4.22. The number of piperazine rings is 1. The summed E-state index contributed by atoms with van der Waals surface area (Å²) in [5, 5.41) is 23.4. The number of hydrogen-bond acceptors (Lipinski definition) is 9. The Morgan fingerprint density at radius 3 is 2.27 bits per heavy atom. The van der Waals surface area contributed by atoms with Gasteiger partial charge in [-0.1, -0.05) is 0 Å². The normalized spacial score (nSPS) is 15.4. The Hall–Kier alpha value is -4.41. The van der Waals surface area contributed by atoms with Gasteiger partial charge in [0, 0.05) is 68.1 Å². The highest BCUT2D eigenvalue weighted by Gasteiger charge is 2.38. The number of nitrogens with one attached hydrogen (secondary N) is 2. The zero-order valence-electron chi connectivity index (χ0n) is 21.5. The maximum Gasteiger partial charge on any atom is 0.490 e. The van der Waals surface area contributed by atoms with E-state index in [2.05, 4.69) is 49.7 Å². The number of halogens is 3. The lowest BCUT2D eigenvalue weighted by Gasteiger charge is -2.30. The van der Waals surface area contributed by atoms with Crippen molar-refractivity contribution in [2.75, 3.05) is 67.6 Å². The summed E-state index contributed by atoms with van der Waals surface area (Å²) >= 11 is 0. The average molecular weight is 556 g/mol. The summed E-state index contributed by atoms with van der Waals surface area (Å²) in [6, 6.07) is 18.4. The van der Waals surface area contributed by atoms with E-state index in [0.29, 0.717) is 11.5 Å². The highest BCUT2D eigenvalue weighted by atomic mass is 19.4. The number of alkyl halides is 3. The van der Waals surface area contributed by atoms with Crippen molar-refractivity contribution in [1.82, 2.24) is 15.3 Å². The monoisotopic (exact) mass is 555 g/mol. The minimum atomic E-state index is -5.08. The third-order valence-electron chi connectivity index (χ3n) is 6.22. The lowest BCUT2D eigenvalue weighted by Crippen LogP contribution is -2.43. The number of morpholine rings is 1. The Balaban J connectivity index is 0.000000470. The van der Waals surface area contributed by atoms with Crippen molar-refractivity contribution in [3.8, 4) is 17.3 Å². The molecular weight excluding hydrogens is 527 g/mol. The molecule has 0 radical (unpaired) electrons. The van der Waals surface area contributed by atoms with Gasteiger partial charge in [0.1, 0.15) is 0 Å². The van der Waals surface area contributed by atoms with Gasteiger partial charge in [-0.25, -0.2) is 14.8 Å². The Labute approximate surface area is 229 Å². The molecule has 1 aromatic heterocycles. The van der Waals surface area contributed by atoms with E-state index >= 15 is 0 Å². The van der Waals surface area contributed by atoms with Crippen LogP contribution in [-0.2, 0) is 9.53 Å². The van der Waals surface area contributed by atoms with Crippen LogP contribution in [-0.4, -0.2) is 79.7 Å². The predicted molar refractivity (Wildman–Crippen MR) is 144 cm³/mol. The molecule has 2 aromatic carbocycles. The first-order valence-corrected chi connectivity index (χ1v) is 12.6. The minimum Gasteiger partial charge on any atom is -0.475 e. The van der Waals surface area contributed by atoms with Crippen molar-refractivity contribution in [2.45, 2.75) is 6.18 Å². The number of carboxylic acids is 1.